The Balaban J connectivity index is 1.36. The molecule has 2 aromatic rings. The first-order chi connectivity index (χ1) is 14.1. The second kappa shape index (κ2) is 8.19. The van der Waals surface area contributed by atoms with Crippen LogP contribution in [0.4, 0.5) is 5.82 Å². The Morgan fingerprint density at radius 2 is 1.69 bits per heavy atom. The molecule has 1 N–H and O–H groups in total. The standard InChI is InChI=1S/C22H26N4O3/c27-20(17-6-12-25(13-7-17)19-16-23-10-11-24-19)26-14-8-22(9-15-26,21(28)29)18-4-2-1-3-5-18/h1-5,10-11,16-17H,6-9,12-15H2,(H,28,29). The number of carbonyl (C=O) groups is 2. The van der Waals surface area contributed by atoms with Gasteiger partial charge in [-0.05, 0) is 31.2 Å². The van der Waals surface area contributed by atoms with Gasteiger partial charge in [-0.25, -0.2) is 4.98 Å². The molecule has 2 fully saturated rings. The molecule has 1 aromatic carbocycles. The third-order valence-corrected chi connectivity index (χ3v) is 6.38. The molecule has 0 atom stereocenters. The van der Waals surface area contributed by atoms with Crippen molar-refractivity contribution in [3.8, 4) is 0 Å². The number of aliphatic carboxylic acids is 1. The lowest BCUT2D eigenvalue weighted by molar-refractivity contribution is -0.149. The number of amides is 1. The quantitative estimate of drug-likeness (QED) is 0.857. The van der Waals surface area contributed by atoms with Gasteiger partial charge in [0.25, 0.3) is 0 Å². The van der Waals surface area contributed by atoms with Crippen molar-refractivity contribution in [1.29, 1.82) is 0 Å². The highest BCUT2D eigenvalue weighted by molar-refractivity contribution is 5.83. The molecule has 29 heavy (non-hydrogen) atoms. The predicted molar refractivity (Wildman–Crippen MR) is 109 cm³/mol. The van der Waals surface area contributed by atoms with E-state index >= 15 is 0 Å². The normalized spacial score (nSPS) is 19.7. The Kier molecular flexibility index (Phi) is 5.47. The molecule has 0 saturated carbocycles. The van der Waals surface area contributed by atoms with E-state index in [2.05, 4.69) is 14.9 Å². The topological polar surface area (TPSA) is 86.6 Å². The van der Waals surface area contributed by atoms with Crippen molar-refractivity contribution in [2.75, 3.05) is 31.1 Å². The minimum atomic E-state index is -0.895. The van der Waals surface area contributed by atoms with Crippen molar-refractivity contribution in [2.45, 2.75) is 31.1 Å². The number of carboxylic acid groups (broad SMARTS) is 1. The maximum atomic E-state index is 13.0. The molecule has 0 radical (unpaired) electrons. The highest BCUT2D eigenvalue weighted by Crippen LogP contribution is 2.36. The van der Waals surface area contributed by atoms with E-state index in [1.54, 1.807) is 18.6 Å². The van der Waals surface area contributed by atoms with Gasteiger partial charge in [-0.2, -0.15) is 0 Å². The number of benzene rings is 1. The van der Waals surface area contributed by atoms with Crippen LogP contribution in [0.3, 0.4) is 0 Å². The number of carbonyl (C=O) groups excluding carboxylic acids is 1. The van der Waals surface area contributed by atoms with E-state index in [1.165, 1.54) is 0 Å². The van der Waals surface area contributed by atoms with E-state index in [0.29, 0.717) is 25.9 Å². The second-order valence-electron chi connectivity index (χ2n) is 7.90. The smallest absolute Gasteiger partial charge is 0.314 e. The van der Waals surface area contributed by atoms with Crippen LogP contribution in [0.25, 0.3) is 0 Å². The summed E-state index contributed by atoms with van der Waals surface area (Å²) in [5, 5.41) is 9.93. The number of hydrogen-bond acceptors (Lipinski definition) is 5. The third-order valence-electron chi connectivity index (χ3n) is 6.38. The van der Waals surface area contributed by atoms with Crippen LogP contribution in [0.2, 0.25) is 0 Å². The largest absolute Gasteiger partial charge is 0.481 e. The fourth-order valence-corrected chi connectivity index (χ4v) is 4.56. The first kappa shape index (κ1) is 19.4. The Morgan fingerprint density at radius 1 is 1.00 bits per heavy atom. The Morgan fingerprint density at radius 3 is 2.28 bits per heavy atom. The Hall–Kier alpha value is -2.96. The summed E-state index contributed by atoms with van der Waals surface area (Å²) in [6, 6.07) is 9.41. The maximum absolute atomic E-state index is 13.0. The molecular formula is C22H26N4O3. The van der Waals surface area contributed by atoms with Crippen molar-refractivity contribution < 1.29 is 14.7 Å². The summed E-state index contributed by atoms with van der Waals surface area (Å²) >= 11 is 0. The molecular weight excluding hydrogens is 368 g/mol. The van der Waals surface area contributed by atoms with Crippen LogP contribution in [0, 0.1) is 5.92 Å². The minimum absolute atomic E-state index is 0.00280. The SMILES string of the molecule is O=C(C1CCN(c2cnccn2)CC1)N1CCC(C(=O)O)(c2ccccc2)CC1. The van der Waals surface area contributed by atoms with E-state index in [-0.39, 0.29) is 11.8 Å². The van der Waals surface area contributed by atoms with Crippen LogP contribution in [0.5, 0.6) is 0 Å². The fraction of sp³-hybridized carbons (Fsp3) is 0.455. The molecule has 0 bridgehead atoms. The van der Waals surface area contributed by atoms with E-state index in [0.717, 1.165) is 37.3 Å². The van der Waals surface area contributed by atoms with Gasteiger partial charge in [0.05, 0.1) is 11.6 Å². The zero-order valence-electron chi connectivity index (χ0n) is 16.4. The van der Waals surface area contributed by atoms with E-state index in [4.69, 9.17) is 0 Å². The van der Waals surface area contributed by atoms with Gasteiger partial charge in [-0.15, -0.1) is 0 Å². The van der Waals surface area contributed by atoms with Gasteiger partial charge < -0.3 is 14.9 Å². The molecule has 7 heteroatoms. The third kappa shape index (κ3) is 3.81. The van der Waals surface area contributed by atoms with Crippen molar-refractivity contribution in [3.63, 3.8) is 0 Å². The molecule has 2 aliphatic rings. The Labute approximate surface area is 170 Å². The van der Waals surface area contributed by atoms with Crippen molar-refractivity contribution >= 4 is 17.7 Å². The number of hydrogen-bond donors (Lipinski definition) is 1. The van der Waals surface area contributed by atoms with Crippen LogP contribution in [-0.2, 0) is 15.0 Å². The molecule has 1 amide bonds. The average Bonchev–Trinajstić information content (AvgIpc) is 2.80. The zero-order chi connectivity index (χ0) is 20.3. The summed E-state index contributed by atoms with van der Waals surface area (Å²) in [4.78, 5) is 37.6. The van der Waals surface area contributed by atoms with Gasteiger partial charge in [-0.1, -0.05) is 30.3 Å². The first-order valence-electron chi connectivity index (χ1n) is 10.2. The van der Waals surface area contributed by atoms with Crippen LogP contribution >= 0.6 is 0 Å². The summed E-state index contributed by atoms with van der Waals surface area (Å²) in [6.07, 6.45) is 7.57. The van der Waals surface area contributed by atoms with Crippen LogP contribution in [0.15, 0.2) is 48.9 Å². The van der Waals surface area contributed by atoms with Gasteiger partial charge in [0, 0.05) is 44.5 Å². The fourth-order valence-electron chi connectivity index (χ4n) is 4.56. The van der Waals surface area contributed by atoms with E-state index < -0.39 is 11.4 Å². The molecule has 3 heterocycles. The Bertz CT molecular complexity index is 843. The second-order valence-corrected chi connectivity index (χ2v) is 7.90. The number of rotatable bonds is 4. The highest BCUT2D eigenvalue weighted by Gasteiger charge is 2.44. The molecule has 4 rings (SSSR count). The monoisotopic (exact) mass is 394 g/mol. The minimum Gasteiger partial charge on any atom is -0.481 e. The van der Waals surface area contributed by atoms with Crippen LogP contribution < -0.4 is 4.90 Å². The molecule has 0 unspecified atom stereocenters. The number of anilines is 1. The first-order valence-corrected chi connectivity index (χ1v) is 10.2. The molecule has 2 aliphatic heterocycles. The zero-order valence-corrected chi connectivity index (χ0v) is 16.4. The van der Waals surface area contributed by atoms with Crippen molar-refractivity contribution in [3.05, 3.63) is 54.5 Å². The number of aromatic nitrogens is 2. The molecule has 0 aliphatic carbocycles. The predicted octanol–water partition coefficient (Wildman–Crippen LogP) is 2.34. The summed E-state index contributed by atoms with van der Waals surface area (Å²) in [6.45, 7) is 2.55. The van der Waals surface area contributed by atoms with Gasteiger partial charge >= 0.3 is 5.97 Å². The molecule has 0 spiro atoms. The maximum Gasteiger partial charge on any atom is 0.314 e. The molecule has 1 aromatic heterocycles. The van der Waals surface area contributed by atoms with E-state index in [1.807, 2.05) is 35.2 Å². The van der Waals surface area contributed by atoms with Gasteiger partial charge in [-0.3, -0.25) is 14.6 Å². The number of likely N-dealkylation sites (tertiary alicyclic amines) is 1. The van der Waals surface area contributed by atoms with Gasteiger partial charge in [0.15, 0.2) is 0 Å². The number of nitrogens with zero attached hydrogens (tertiary/aromatic N) is 4. The van der Waals surface area contributed by atoms with Gasteiger partial charge in [0.2, 0.25) is 5.91 Å². The lowest BCUT2D eigenvalue weighted by Crippen LogP contribution is -2.51. The summed E-state index contributed by atoms with van der Waals surface area (Å²) < 4.78 is 0. The van der Waals surface area contributed by atoms with Gasteiger partial charge in [0.1, 0.15) is 5.82 Å². The average molecular weight is 394 g/mol. The lowest BCUT2D eigenvalue weighted by atomic mass is 9.72. The van der Waals surface area contributed by atoms with Crippen molar-refractivity contribution in [1.82, 2.24) is 14.9 Å². The highest BCUT2D eigenvalue weighted by atomic mass is 16.4. The summed E-state index contributed by atoms with van der Waals surface area (Å²) in [5.74, 6) is 0.214. The number of piperidine rings is 2. The van der Waals surface area contributed by atoms with E-state index in [9.17, 15) is 14.7 Å². The van der Waals surface area contributed by atoms with Crippen LogP contribution in [-0.4, -0.2) is 58.0 Å². The number of carboxylic acids is 1. The molecule has 2 saturated heterocycles. The van der Waals surface area contributed by atoms with Crippen LogP contribution in [0.1, 0.15) is 31.2 Å². The summed E-state index contributed by atoms with van der Waals surface area (Å²) in [7, 11) is 0. The van der Waals surface area contributed by atoms with Crippen molar-refractivity contribution in [2.24, 2.45) is 5.92 Å². The lowest BCUT2D eigenvalue weighted by Gasteiger charge is -2.41. The molecule has 152 valence electrons. The summed E-state index contributed by atoms with van der Waals surface area (Å²) in [5.41, 5.74) is -0.0650. The molecule has 7 nitrogen and oxygen atoms in total.